The Morgan fingerprint density at radius 2 is 1.72 bits per heavy atom. The van der Waals surface area contributed by atoms with Crippen molar-refractivity contribution in [3.05, 3.63) is 83.9 Å². The van der Waals surface area contributed by atoms with Crippen molar-refractivity contribution in [1.82, 2.24) is 15.6 Å². The summed E-state index contributed by atoms with van der Waals surface area (Å²) in [6.45, 7) is 2.07. The van der Waals surface area contributed by atoms with Crippen molar-refractivity contribution in [2.45, 2.75) is 19.4 Å². The van der Waals surface area contributed by atoms with Crippen molar-refractivity contribution in [1.29, 1.82) is 0 Å². The molecule has 3 aromatic rings. The van der Waals surface area contributed by atoms with Crippen LogP contribution >= 0.6 is 0 Å². The first-order chi connectivity index (χ1) is 14.2. The molecule has 3 rings (SSSR count). The van der Waals surface area contributed by atoms with Crippen LogP contribution in [-0.4, -0.2) is 38.1 Å². The van der Waals surface area contributed by atoms with Gasteiger partial charge in [0.15, 0.2) is 5.96 Å². The minimum atomic E-state index is 0.517. The molecule has 0 radical (unpaired) electrons. The maximum absolute atomic E-state index is 5.40. The van der Waals surface area contributed by atoms with Crippen molar-refractivity contribution in [2.24, 2.45) is 4.99 Å². The average Bonchev–Trinajstić information content (AvgIpc) is 3.26. The molecule has 0 spiro atoms. The van der Waals surface area contributed by atoms with Crippen LogP contribution < -0.4 is 15.5 Å². The fourth-order valence-electron chi connectivity index (χ4n) is 2.87. The number of hydrogen-bond donors (Lipinski definition) is 2. The van der Waals surface area contributed by atoms with E-state index in [2.05, 4.69) is 39.9 Å². The molecule has 152 valence electrons. The average molecular weight is 392 g/mol. The van der Waals surface area contributed by atoms with E-state index in [1.54, 1.807) is 6.26 Å². The summed E-state index contributed by atoms with van der Waals surface area (Å²) in [5.41, 5.74) is 2.24. The van der Waals surface area contributed by atoms with Gasteiger partial charge in [0.05, 0.1) is 18.5 Å². The summed E-state index contributed by atoms with van der Waals surface area (Å²) in [6, 6.07) is 20.3. The normalized spacial score (nSPS) is 11.3. The van der Waals surface area contributed by atoms with Crippen LogP contribution in [0.4, 0.5) is 5.82 Å². The molecule has 2 N–H and O–H groups in total. The number of pyridine rings is 1. The molecule has 2 heterocycles. The maximum atomic E-state index is 5.40. The fraction of sp³-hybridized carbons (Fsp3) is 0.304. The van der Waals surface area contributed by atoms with Crippen LogP contribution in [-0.2, 0) is 19.4 Å². The summed E-state index contributed by atoms with van der Waals surface area (Å²) in [5, 5.41) is 6.82. The number of benzene rings is 1. The summed E-state index contributed by atoms with van der Waals surface area (Å²) in [4.78, 5) is 11.4. The molecule has 0 saturated heterocycles. The van der Waals surface area contributed by atoms with Crippen LogP contribution in [0.1, 0.15) is 17.0 Å². The van der Waals surface area contributed by atoms with E-state index in [4.69, 9.17) is 9.41 Å². The van der Waals surface area contributed by atoms with E-state index in [1.807, 2.05) is 55.4 Å². The molecular formula is C23H29N5O. The fourth-order valence-corrected chi connectivity index (χ4v) is 2.87. The number of aromatic nitrogens is 1. The Morgan fingerprint density at radius 3 is 2.45 bits per heavy atom. The molecule has 6 heteroatoms. The molecule has 0 aliphatic heterocycles. The van der Waals surface area contributed by atoms with Crippen LogP contribution in [0.15, 0.2) is 76.3 Å². The summed E-state index contributed by atoms with van der Waals surface area (Å²) >= 11 is 0. The number of anilines is 1. The molecule has 0 bridgehead atoms. The molecule has 0 atom stereocenters. The third-order valence-electron chi connectivity index (χ3n) is 4.44. The van der Waals surface area contributed by atoms with Gasteiger partial charge in [-0.15, -0.1) is 0 Å². The van der Waals surface area contributed by atoms with E-state index >= 15 is 0 Å². The molecule has 0 unspecified atom stereocenters. The predicted octanol–water partition coefficient (Wildman–Crippen LogP) is 3.26. The van der Waals surface area contributed by atoms with Gasteiger partial charge in [-0.05, 0) is 36.2 Å². The second kappa shape index (κ2) is 10.9. The minimum absolute atomic E-state index is 0.517. The number of nitrogens with zero attached hydrogens (tertiary/aromatic N) is 3. The van der Waals surface area contributed by atoms with Gasteiger partial charge in [-0.25, -0.2) is 9.98 Å². The van der Waals surface area contributed by atoms with Crippen LogP contribution in [0.5, 0.6) is 0 Å². The van der Waals surface area contributed by atoms with Gasteiger partial charge < -0.3 is 20.0 Å². The molecule has 0 aliphatic carbocycles. The first-order valence-electron chi connectivity index (χ1n) is 9.92. The molecule has 0 amide bonds. The summed E-state index contributed by atoms with van der Waals surface area (Å²) in [6.07, 6.45) is 3.45. The van der Waals surface area contributed by atoms with Crippen molar-refractivity contribution >= 4 is 11.8 Å². The predicted molar refractivity (Wildman–Crippen MR) is 118 cm³/mol. The van der Waals surface area contributed by atoms with E-state index in [-0.39, 0.29) is 0 Å². The van der Waals surface area contributed by atoms with Crippen molar-refractivity contribution in [3.63, 3.8) is 0 Å². The Kier molecular flexibility index (Phi) is 7.69. The lowest BCUT2D eigenvalue weighted by atomic mass is 10.1. The SMILES string of the molecule is CN(C)c1cccc(CN=C(NCCc2ccccc2)NCCc2ccco2)n1. The second-order valence-electron chi connectivity index (χ2n) is 6.96. The highest BCUT2D eigenvalue weighted by molar-refractivity contribution is 5.79. The largest absolute Gasteiger partial charge is 0.469 e. The van der Waals surface area contributed by atoms with Crippen molar-refractivity contribution < 1.29 is 4.42 Å². The number of nitrogens with one attached hydrogen (secondary N) is 2. The number of furan rings is 1. The molecule has 0 saturated carbocycles. The quantitative estimate of drug-likeness (QED) is 0.433. The van der Waals surface area contributed by atoms with Crippen LogP contribution in [0.2, 0.25) is 0 Å². The lowest BCUT2D eigenvalue weighted by molar-refractivity contribution is 0.506. The highest BCUT2D eigenvalue weighted by Crippen LogP contribution is 2.08. The van der Waals surface area contributed by atoms with Crippen molar-refractivity contribution in [2.75, 3.05) is 32.1 Å². The molecular weight excluding hydrogens is 362 g/mol. The number of guanidine groups is 1. The van der Waals surface area contributed by atoms with E-state index in [0.717, 1.165) is 49.2 Å². The summed E-state index contributed by atoms with van der Waals surface area (Å²) < 4.78 is 5.40. The summed E-state index contributed by atoms with van der Waals surface area (Å²) in [7, 11) is 3.98. The molecule has 0 fully saturated rings. The topological polar surface area (TPSA) is 65.7 Å². The Balaban J connectivity index is 1.58. The zero-order valence-electron chi connectivity index (χ0n) is 17.1. The monoisotopic (exact) mass is 391 g/mol. The van der Waals surface area contributed by atoms with E-state index in [9.17, 15) is 0 Å². The van der Waals surface area contributed by atoms with Gasteiger partial charge in [0, 0.05) is 33.6 Å². The third-order valence-corrected chi connectivity index (χ3v) is 4.44. The van der Waals surface area contributed by atoms with E-state index in [1.165, 1.54) is 5.56 Å². The van der Waals surface area contributed by atoms with Gasteiger partial charge in [0.1, 0.15) is 11.6 Å². The highest BCUT2D eigenvalue weighted by atomic mass is 16.3. The standard InChI is InChI=1S/C23H29N5O/c1-28(2)22-12-6-10-20(27-22)18-26-23(25-16-14-21-11-7-17-29-21)24-15-13-19-8-4-3-5-9-19/h3-12,17H,13-16,18H2,1-2H3,(H2,24,25,26). The molecule has 1 aromatic carbocycles. The number of rotatable bonds is 9. The molecule has 29 heavy (non-hydrogen) atoms. The number of hydrogen-bond acceptors (Lipinski definition) is 4. The maximum Gasteiger partial charge on any atom is 0.191 e. The van der Waals surface area contributed by atoms with Gasteiger partial charge in [-0.2, -0.15) is 0 Å². The minimum Gasteiger partial charge on any atom is -0.469 e. The Labute approximate surface area is 172 Å². The number of aliphatic imine (C=N–C) groups is 1. The van der Waals surface area contributed by atoms with Gasteiger partial charge in [-0.1, -0.05) is 36.4 Å². The van der Waals surface area contributed by atoms with E-state index in [0.29, 0.717) is 6.54 Å². The third kappa shape index (κ3) is 6.99. The lowest BCUT2D eigenvalue weighted by Gasteiger charge is -2.14. The zero-order valence-corrected chi connectivity index (χ0v) is 17.1. The van der Waals surface area contributed by atoms with Gasteiger partial charge >= 0.3 is 0 Å². The first kappa shape index (κ1) is 20.5. The van der Waals surface area contributed by atoms with Crippen LogP contribution in [0.25, 0.3) is 0 Å². The smallest absolute Gasteiger partial charge is 0.191 e. The van der Waals surface area contributed by atoms with Gasteiger partial charge in [-0.3, -0.25) is 0 Å². The Hall–Kier alpha value is -3.28. The van der Waals surface area contributed by atoms with E-state index < -0.39 is 0 Å². The zero-order chi connectivity index (χ0) is 20.3. The van der Waals surface area contributed by atoms with Gasteiger partial charge in [0.25, 0.3) is 0 Å². The Morgan fingerprint density at radius 1 is 0.931 bits per heavy atom. The van der Waals surface area contributed by atoms with Crippen LogP contribution in [0.3, 0.4) is 0 Å². The van der Waals surface area contributed by atoms with Crippen molar-refractivity contribution in [3.8, 4) is 0 Å². The molecule has 2 aromatic heterocycles. The highest BCUT2D eigenvalue weighted by Gasteiger charge is 2.03. The second-order valence-corrected chi connectivity index (χ2v) is 6.96. The lowest BCUT2D eigenvalue weighted by Crippen LogP contribution is -2.39. The van der Waals surface area contributed by atoms with Gasteiger partial charge in [0.2, 0.25) is 0 Å². The Bertz CT molecular complexity index is 875. The first-order valence-corrected chi connectivity index (χ1v) is 9.92. The summed E-state index contributed by atoms with van der Waals surface area (Å²) in [5.74, 6) is 2.67. The van der Waals surface area contributed by atoms with Crippen LogP contribution in [0, 0.1) is 0 Å². The molecule has 0 aliphatic rings. The molecule has 6 nitrogen and oxygen atoms in total.